The molecule has 3 fully saturated rings. The zero-order valence-electron chi connectivity index (χ0n) is 20.8. The van der Waals surface area contributed by atoms with Crippen LogP contribution in [-0.4, -0.2) is 49.1 Å². The van der Waals surface area contributed by atoms with Crippen LogP contribution in [0.4, 0.5) is 5.69 Å². The molecular formula is C27H38N4O3S. The van der Waals surface area contributed by atoms with Crippen molar-refractivity contribution >= 4 is 33.5 Å². The molecule has 1 aromatic carbocycles. The van der Waals surface area contributed by atoms with Crippen LogP contribution >= 0.6 is 0 Å². The largest absolute Gasteiger partial charge is 0.382 e. The molecule has 7 nitrogen and oxygen atoms in total. The van der Waals surface area contributed by atoms with Gasteiger partial charge in [-0.15, -0.1) is 0 Å². The van der Waals surface area contributed by atoms with Crippen molar-refractivity contribution in [2.45, 2.75) is 89.1 Å². The maximum Gasteiger partial charge on any atom is 0.253 e. The lowest BCUT2D eigenvalue weighted by molar-refractivity contribution is -0.124. The van der Waals surface area contributed by atoms with E-state index in [0.717, 1.165) is 35.5 Å². The van der Waals surface area contributed by atoms with Crippen LogP contribution in [0.5, 0.6) is 0 Å². The van der Waals surface area contributed by atoms with E-state index in [4.69, 9.17) is 4.99 Å². The summed E-state index contributed by atoms with van der Waals surface area (Å²) in [4.78, 5) is 17.7. The van der Waals surface area contributed by atoms with Gasteiger partial charge in [-0.3, -0.25) is 9.79 Å². The van der Waals surface area contributed by atoms with Crippen LogP contribution in [0.2, 0.25) is 0 Å². The van der Waals surface area contributed by atoms with Crippen LogP contribution < -0.4 is 10.6 Å². The molecule has 0 atom stereocenters. The summed E-state index contributed by atoms with van der Waals surface area (Å²) in [5.74, 6) is 1.14. The minimum atomic E-state index is -3.57. The Hall–Kier alpha value is -2.19. The van der Waals surface area contributed by atoms with Crippen LogP contribution in [-0.2, 0) is 14.8 Å². The Balaban J connectivity index is 1.21. The molecule has 0 unspecified atom stereocenters. The van der Waals surface area contributed by atoms with Crippen molar-refractivity contribution in [1.29, 1.82) is 0 Å². The topological polar surface area (TPSA) is 90.9 Å². The summed E-state index contributed by atoms with van der Waals surface area (Å²) < 4.78 is 27.6. The molecule has 1 amide bonds. The lowest BCUT2D eigenvalue weighted by Gasteiger charge is -2.34. The van der Waals surface area contributed by atoms with Crippen molar-refractivity contribution in [2.24, 2.45) is 10.9 Å². The minimum absolute atomic E-state index is 0.0485. The number of rotatable bonds is 6. The highest BCUT2D eigenvalue weighted by molar-refractivity contribution is 7.92. The Morgan fingerprint density at radius 3 is 2.43 bits per heavy atom. The molecule has 190 valence electrons. The van der Waals surface area contributed by atoms with Gasteiger partial charge < -0.3 is 10.6 Å². The number of amides is 1. The molecule has 0 aromatic heterocycles. The lowest BCUT2D eigenvalue weighted by atomic mass is 9.88. The second-order valence-corrected chi connectivity index (χ2v) is 12.6. The van der Waals surface area contributed by atoms with Crippen molar-refractivity contribution in [1.82, 2.24) is 9.62 Å². The molecule has 1 aromatic rings. The summed E-state index contributed by atoms with van der Waals surface area (Å²) >= 11 is 0. The van der Waals surface area contributed by atoms with E-state index in [1.165, 1.54) is 54.7 Å². The molecule has 1 spiro atoms. The number of benzene rings is 1. The predicted octanol–water partition coefficient (Wildman–Crippen LogP) is 4.59. The van der Waals surface area contributed by atoms with Gasteiger partial charge in [0.05, 0.1) is 0 Å². The Bertz CT molecular complexity index is 1110. The van der Waals surface area contributed by atoms with Crippen LogP contribution in [0.25, 0.3) is 6.08 Å². The fraction of sp³-hybridized carbons (Fsp3) is 0.630. The molecular weight excluding hydrogens is 460 g/mol. The SMILES string of the molecule is Cc1cc(NC2CCCC2)ccc1/C=C/S(=O)(=O)N1CCC2(CC1)N=C(C1CCCCC1)NC2=O. The number of nitrogens with one attached hydrogen (secondary N) is 2. The van der Waals surface area contributed by atoms with Gasteiger partial charge in [0.2, 0.25) is 10.0 Å². The number of nitrogens with zero attached hydrogens (tertiary/aromatic N) is 2. The highest BCUT2D eigenvalue weighted by atomic mass is 32.2. The minimum Gasteiger partial charge on any atom is -0.382 e. The standard InChI is InChI=1S/C27H38N4O3S/c1-20-19-24(28-23-9-5-6-10-23)12-11-21(20)13-18-35(33,34)31-16-14-27(15-17-31)26(32)29-25(30-27)22-7-3-2-4-8-22/h11-13,18-19,22-23,28H,2-10,14-17H2,1H3,(H,29,30,32)/b18-13+. The molecule has 2 N–H and O–H groups in total. The Kier molecular flexibility index (Phi) is 7.04. The summed E-state index contributed by atoms with van der Waals surface area (Å²) in [5, 5.41) is 7.94. The monoisotopic (exact) mass is 498 g/mol. The van der Waals surface area contributed by atoms with Crippen LogP contribution in [0.3, 0.4) is 0 Å². The zero-order chi connectivity index (χ0) is 24.5. The van der Waals surface area contributed by atoms with Crippen molar-refractivity contribution < 1.29 is 13.2 Å². The zero-order valence-corrected chi connectivity index (χ0v) is 21.6. The number of sulfonamides is 1. The van der Waals surface area contributed by atoms with Crippen LogP contribution in [0.1, 0.15) is 81.8 Å². The van der Waals surface area contributed by atoms with Crippen molar-refractivity contribution in [2.75, 3.05) is 18.4 Å². The van der Waals surface area contributed by atoms with Gasteiger partial charge in [0, 0.05) is 36.1 Å². The number of anilines is 1. The van der Waals surface area contributed by atoms with E-state index in [9.17, 15) is 13.2 Å². The number of hydrogen-bond donors (Lipinski definition) is 2. The molecule has 4 aliphatic rings. The van der Waals surface area contributed by atoms with E-state index >= 15 is 0 Å². The molecule has 1 saturated heterocycles. The maximum absolute atomic E-state index is 13.1. The summed E-state index contributed by atoms with van der Waals surface area (Å²) in [7, 11) is -3.57. The first kappa shape index (κ1) is 24.5. The normalized spacial score (nSPS) is 24.3. The highest BCUT2D eigenvalue weighted by Gasteiger charge is 2.48. The summed E-state index contributed by atoms with van der Waals surface area (Å²) in [6.07, 6.45) is 13.3. The molecule has 2 aliphatic carbocycles. The molecule has 5 rings (SSSR count). The second-order valence-electron chi connectivity index (χ2n) is 10.8. The Morgan fingerprint density at radius 1 is 1.06 bits per heavy atom. The molecule has 8 heteroatoms. The average molecular weight is 499 g/mol. The van der Waals surface area contributed by atoms with Crippen molar-refractivity contribution in [3.8, 4) is 0 Å². The Labute approximate surface area is 209 Å². The van der Waals surface area contributed by atoms with E-state index in [-0.39, 0.29) is 5.91 Å². The lowest BCUT2D eigenvalue weighted by Crippen LogP contribution is -2.50. The average Bonchev–Trinajstić information content (AvgIpc) is 3.47. The molecule has 0 radical (unpaired) electrons. The molecule has 2 saturated carbocycles. The summed E-state index contributed by atoms with van der Waals surface area (Å²) in [6.45, 7) is 2.63. The van der Waals surface area contributed by atoms with Crippen molar-refractivity contribution in [3.63, 3.8) is 0 Å². The molecule has 0 bridgehead atoms. The number of hydrogen-bond acceptors (Lipinski definition) is 5. The first-order valence-corrected chi connectivity index (χ1v) is 14.8. The number of carbonyl (C=O) groups excluding carboxylic acids is 1. The van der Waals surface area contributed by atoms with Crippen LogP contribution in [0.15, 0.2) is 28.6 Å². The van der Waals surface area contributed by atoms with Gasteiger partial charge in [-0.1, -0.05) is 38.2 Å². The van der Waals surface area contributed by atoms with Gasteiger partial charge in [-0.25, -0.2) is 8.42 Å². The van der Waals surface area contributed by atoms with E-state index in [2.05, 4.69) is 16.7 Å². The second kappa shape index (κ2) is 10.1. The summed E-state index contributed by atoms with van der Waals surface area (Å²) in [6, 6.07) is 6.65. The highest BCUT2D eigenvalue weighted by Crippen LogP contribution is 2.35. The van der Waals surface area contributed by atoms with Gasteiger partial charge in [-0.05, 0) is 74.8 Å². The molecule has 2 aliphatic heterocycles. The number of carbonyl (C=O) groups is 1. The van der Waals surface area contributed by atoms with Crippen LogP contribution in [0, 0.1) is 12.8 Å². The number of aliphatic imine (C=N–C) groups is 1. The molecule has 2 heterocycles. The van der Waals surface area contributed by atoms with Gasteiger partial charge in [0.15, 0.2) is 0 Å². The van der Waals surface area contributed by atoms with E-state index in [1.54, 1.807) is 6.08 Å². The quantitative estimate of drug-likeness (QED) is 0.600. The third-order valence-electron chi connectivity index (χ3n) is 8.32. The fourth-order valence-electron chi connectivity index (χ4n) is 6.06. The first-order chi connectivity index (χ1) is 16.8. The van der Waals surface area contributed by atoms with Gasteiger partial charge in [0.1, 0.15) is 11.4 Å². The molecule has 35 heavy (non-hydrogen) atoms. The third-order valence-corrected chi connectivity index (χ3v) is 9.88. The van der Waals surface area contributed by atoms with Gasteiger partial charge in [0.25, 0.3) is 5.91 Å². The third kappa shape index (κ3) is 5.33. The predicted molar refractivity (Wildman–Crippen MR) is 141 cm³/mol. The van der Waals surface area contributed by atoms with E-state index < -0.39 is 15.6 Å². The number of piperidine rings is 1. The smallest absolute Gasteiger partial charge is 0.253 e. The Morgan fingerprint density at radius 2 is 1.74 bits per heavy atom. The first-order valence-electron chi connectivity index (χ1n) is 13.3. The van der Waals surface area contributed by atoms with E-state index in [0.29, 0.717) is 37.9 Å². The van der Waals surface area contributed by atoms with Gasteiger partial charge >= 0.3 is 0 Å². The van der Waals surface area contributed by atoms with Gasteiger partial charge in [-0.2, -0.15) is 4.31 Å². The summed E-state index contributed by atoms with van der Waals surface area (Å²) in [5.41, 5.74) is 2.25. The number of aryl methyl sites for hydroxylation is 1. The maximum atomic E-state index is 13.1. The van der Waals surface area contributed by atoms with Crippen molar-refractivity contribution in [3.05, 3.63) is 34.7 Å². The fourth-order valence-corrected chi connectivity index (χ4v) is 7.25. The number of amidine groups is 1. The van der Waals surface area contributed by atoms with E-state index in [1.807, 2.05) is 19.1 Å².